The molecule has 0 aromatic carbocycles. The summed E-state index contributed by atoms with van der Waals surface area (Å²) in [5.41, 5.74) is 1.60. The highest BCUT2D eigenvalue weighted by molar-refractivity contribution is 5.87. The number of nitrogens with zero attached hydrogens (tertiary/aromatic N) is 1. The van der Waals surface area contributed by atoms with Gasteiger partial charge in [-0.25, -0.2) is 4.79 Å². The molecule has 2 rings (SSSR count). The number of carbonyl (C=O) groups is 1. The van der Waals surface area contributed by atoms with E-state index in [0.29, 0.717) is 11.7 Å². The summed E-state index contributed by atoms with van der Waals surface area (Å²) in [6.45, 7) is 2.85. The molecule has 0 amide bonds. The lowest BCUT2D eigenvalue weighted by Gasteiger charge is -2.37. The van der Waals surface area contributed by atoms with Crippen LogP contribution in [0.1, 0.15) is 19.8 Å². The molecule has 1 fully saturated rings. The first-order valence-corrected chi connectivity index (χ1v) is 3.90. The third-order valence-electron chi connectivity index (χ3n) is 2.58. The fourth-order valence-electron chi connectivity index (χ4n) is 1.95. The molecule has 1 atom stereocenters. The van der Waals surface area contributed by atoms with E-state index in [1.165, 1.54) is 0 Å². The van der Waals surface area contributed by atoms with Crippen LogP contribution in [0, 0.1) is 0 Å². The van der Waals surface area contributed by atoms with Crippen LogP contribution in [0.5, 0.6) is 0 Å². The van der Waals surface area contributed by atoms with Gasteiger partial charge < -0.3 is 10.0 Å². The van der Waals surface area contributed by atoms with Gasteiger partial charge >= 0.3 is 5.97 Å². The molecule has 0 aromatic rings. The lowest BCUT2D eigenvalue weighted by Crippen LogP contribution is -2.44. The fourth-order valence-corrected chi connectivity index (χ4v) is 1.95. The molecule has 2 heterocycles. The Bertz CT molecular complexity index is 244. The second kappa shape index (κ2) is 2.00. The Morgan fingerprint density at radius 3 is 2.73 bits per heavy atom. The van der Waals surface area contributed by atoms with Crippen molar-refractivity contribution in [3.8, 4) is 0 Å². The number of rotatable bonds is 1. The first-order valence-electron chi connectivity index (χ1n) is 3.90. The zero-order valence-electron chi connectivity index (χ0n) is 6.50. The minimum Gasteiger partial charge on any atom is -0.477 e. The third-order valence-corrected chi connectivity index (χ3v) is 2.58. The largest absolute Gasteiger partial charge is 0.477 e. The average Bonchev–Trinajstić information content (AvgIpc) is 2.10. The highest BCUT2D eigenvalue weighted by Gasteiger charge is 2.39. The highest BCUT2D eigenvalue weighted by Crippen LogP contribution is 2.36. The average molecular weight is 153 g/mol. The number of fused-ring (bicyclic) bond motifs is 1. The Morgan fingerprint density at radius 2 is 2.45 bits per heavy atom. The van der Waals surface area contributed by atoms with Gasteiger partial charge in [0.05, 0.1) is 0 Å². The van der Waals surface area contributed by atoms with Gasteiger partial charge in [0.2, 0.25) is 0 Å². The zero-order valence-corrected chi connectivity index (χ0v) is 6.50. The van der Waals surface area contributed by atoms with Gasteiger partial charge in [0.25, 0.3) is 0 Å². The minimum absolute atomic E-state index is 0.515. The third kappa shape index (κ3) is 0.768. The van der Waals surface area contributed by atoms with Crippen LogP contribution in [0.2, 0.25) is 0 Å². The van der Waals surface area contributed by atoms with E-state index in [-0.39, 0.29) is 0 Å². The van der Waals surface area contributed by atoms with E-state index in [1.807, 2.05) is 11.8 Å². The summed E-state index contributed by atoms with van der Waals surface area (Å²) < 4.78 is 0. The van der Waals surface area contributed by atoms with Crippen LogP contribution >= 0.6 is 0 Å². The van der Waals surface area contributed by atoms with Gasteiger partial charge in [0, 0.05) is 12.6 Å². The number of carboxylic acid groups (broad SMARTS) is 1. The summed E-state index contributed by atoms with van der Waals surface area (Å²) in [6, 6.07) is 0.515. The maximum atomic E-state index is 10.7. The molecular formula is C8H11NO2. The van der Waals surface area contributed by atoms with Crippen molar-refractivity contribution in [2.24, 2.45) is 0 Å². The number of aliphatic carboxylic acids is 1. The highest BCUT2D eigenvalue weighted by atomic mass is 16.4. The van der Waals surface area contributed by atoms with Crippen LogP contribution in [0.15, 0.2) is 11.3 Å². The van der Waals surface area contributed by atoms with E-state index in [0.717, 1.165) is 25.0 Å². The summed E-state index contributed by atoms with van der Waals surface area (Å²) in [5, 5.41) is 8.81. The van der Waals surface area contributed by atoms with Gasteiger partial charge in [0.15, 0.2) is 0 Å². The summed E-state index contributed by atoms with van der Waals surface area (Å²) in [4.78, 5) is 12.7. The quantitative estimate of drug-likeness (QED) is 0.606. The molecule has 0 bridgehead atoms. The Kier molecular flexibility index (Phi) is 1.22. The number of carboxylic acids is 1. The lowest BCUT2D eigenvalue weighted by molar-refractivity contribution is -0.135. The smallest absolute Gasteiger partial charge is 0.352 e. The van der Waals surface area contributed by atoms with Crippen LogP contribution in [-0.4, -0.2) is 28.6 Å². The van der Waals surface area contributed by atoms with Crippen LogP contribution in [-0.2, 0) is 4.79 Å². The van der Waals surface area contributed by atoms with Crippen LogP contribution in [0.4, 0.5) is 0 Å². The maximum absolute atomic E-state index is 10.7. The first-order chi connectivity index (χ1) is 5.20. The summed E-state index contributed by atoms with van der Waals surface area (Å²) in [7, 11) is 0. The van der Waals surface area contributed by atoms with Crippen LogP contribution in [0.25, 0.3) is 0 Å². The lowest BCUT2D eigenvalue weighted by atomic mass is 10.0. The molecule has 1 unspecified atom stereocenters. The van der Waals surface area contributed by atoms with Crippen LogP contribution in [0.3, 0.4) is 0 Å². The fraction of sp³-hybridized carbons (Fsp3) is 0.625. The molecule has 1 N–H and O–H groups in total. The van der Waals surface area contributed by atoms with E-state index in [9.17, 15) is 4.79 Å². The van der Waals surface area contributed by atoms with Crippen molar-refractivity contribution in [2.75, 3.05) is 6.54 Å². The molecule has 0 aliphatic carbocycles. The van der Waals surface area contributed by atoms with Crippen molar-refractivity contribution < 1.29 is 9.90 Å². The molecule has 2 aliphatic heterocycles. The topological polar surface area (TPSA) is 40.5 Å². The van der Waals surface area contributed by atoms with E-state index in [2.05, 4.69) is 0 Å². The molecule has 1 saturated heterocycles. The standard InChI is InChI=1S/C8H11NO2/c1-5-4-6-2-3-9(6)7(5)8(10)11/h6H,2-4H2,1H3,(H,10,11). The van der Waals surface area contributed by atoms with Crippen molar-refractivity contribution in [2.45, 2.75) is 25.8 Å². The van der Waals surface area contributed by atoms with Crippen LogP contribution < -0.4 is 0 Å². The summed E-state index contributed by atoms with van der Waals surface area (Å²) in [6.07, 6.45) is 2.12. The molecular weight excluding hydrogens is 142 g/mol. The minimum atomic E-state index is -0.760. The predicted octanol–water partition coefficient (Wildman–Crippen LogP) is 0.823. The Labute approximate surface area is 65.3 Å². The maximum Gasteiger partial charge on any atom is 0.352 e. The van der Waals surface area contributed by atoms with Crippen molar-refractivity contribution in [3.63, 3.8) is 0 Å². The van der Waals surface area contributed by atoms with Gasteiger partial charge in [-0.05, 0) is 25.3 Å². The molecule has 11 heavy (non-hydrogen) atoms. The van der Waals surface area contributed by atoms with Crippen molar-refractivity contribution in [3.05, 3.63) is 11.3 Å². The SMILES string of the molecule is CC1=C(C(=O)O)N2CCC2C1. The molecule has 3 nitrogen and oxygen atoms in total. The second-order valence-corrected chi connectivity index (χ2v) is 3.27. The van der Waals surface area contributed by atoms with Gasteiger partial charge in [-0.3, -0.25) is 0 Å². The second-order valence-electron chi connectivity index (χ2n) is 3.27. The van der Waals surface area contributed by atoms with Crippen molar-refractivity contribution >= 4 is 5.97 Å². The molecule has 0 aromatic heterocycles. The molecule has 0 spiro atoms. The van der Waals surface area contributed by atoms with Gasteiger partial charge in [-0.2, -0.15) is 0 Å². The predicted molar refractivity (Wildman–Crippen MR) is 40.1 cm³/mol. The summed E-state index contributed by atoms with van der Waals surface area (Å²) >= 11 is 0. The van der Waals surface area contributed by atoms with E-state index >= 15 is 0 Å². The van der Waals surface area contributed by atoms with E-state index in [4.69, 9.17) is 5.11 Å². The molecule has 0 saturated carbocycles. The number of hydrogen-bond donors (Lipinski definition) is 1. The monoisotopic (exact) mass is 153 g/mol. The summed E-state index contributed by atoms with van der Waals surface area (Å²) in [5.74, 6) is -0.760. The molecule has 3 heteroatoms. The molecule has 2 aliphatic rings. The zero-order chi connectivity index (χ0) is 8.01. The van der Waals surface area contributed by atoms with Crippen molar-refractivity contribution in [1.29, 1.82) is 0 Å². The van der Waals surface area contributed by atoms with E-state index in [1.54, 1.807) is 0 Å². The Balaban J connectivity index is 2.28. The Hall–Kier alpha value is -0.990. The number of hydrogen-bond acceptors (Lipinski definition) is 2. The molecule has 0 radical (unpaired) electrons. The van der Waals surface area contributed by atoms with Gasteiger partial charge in [-0.15, -0.1) is 0 Å². The van der Waals surface area contributed by atoms with Crippen molar-refractivity contribution in [1.82, 2.24) is 4.90 Å². The Morgan fingerprint density at radius 1 is 1.73 bits per heavy atom. The molecule has 60 valence electrons. The van der Waals surface area contributed by atoms with Gasteiger partial charge in [-0.1, -0.05) is 0 Å². The normalized spacial score (nSPS) is 28.5. The van der Waals surface area contributed by atoms with Gasteiger partial charge in [0.1, 0.15) is 5.70 Å². The first kappa shape index (κ1) is 6.70. The van der Waals surface area contributed by atoms with E-state index < -0.39 is 5.97 Å².